The number of carbonyl (C=O) groups excluding carboxylic acids is 1. The molecule has 1 atom stereocenters. The van der Waals surface area contributed by atoms with Crippen LogP contribution in [0.15, 0.2) is 72.8 Å². The van der Waals surface area contributed by atoms with E-state index in [-0.39, 0.29) is 11.7 Å². The molecule has 1 heterocycles. The molecule has 4 rings (SSSR count). The van der Waals surface area contributed by atoms with Crippen LogP contribution in [0, 0.1) is 5.82 Å². The molecule has 1 aliphatic rings. The van der Waals surface area contributed by atoms with Gasteiger partial charge in [0, 0.05) is 11.8 Å². The second-order valence-corrected chi connectivity index (χ2v) is 6.02. The van der Waals surface area contributed by atoms with Crippen LogP contribution in [0.5, 0.6) is 5.75 Å². The number of fused-ring (bicyclic) bond motifs is 1. The lowest BCUT2D eigenvalue weighted by atomic mass is 10.0. The predicted molar refractivity (Wildman–Crippen MR) is 99.0 cm³/mol. The number of benzene rings is 3. The van der Waals surface area contributed by atoms with Gasteiger partial charge in [-0.2, -0.15) is 0 Å². The molecule has 0 aliphatic carbocycles. The van der Waals surface area contributed by atoms with Gasteiger partial charge in [0.2, 0.25) is 0 Å². The second kappa shape index (κ2) is 6.52. The second-order valence-electron chi connectivity index (χ2n) is 6.02. The van der Waals surface area contributed by atoms with Crippen LogP contribution in [-0.2, 0) is 0 Å². The van der Waals surface area contributed by atoms with Gasteiger partial charge in [-0.05, 0) is 42.0 Å². The third kappa shape index (κ3) is 2.77. The van der Waals surface area contributed by atoms with Crippen molar-refractivity contribution in [2.24, 2.45) is 0 Å². The van der Waals surface area contributed by atoms with Crippen molar-refractivity contribution in [3.8, 4) is 5.75 Å². The summed E-state index contributed by atoms with van der Waals surface area (Å²) < 4.78 is 18.7. The Kier molecular flexibility index (Phi) is 4.05. The molecule has 1 amide bonds. The number of rotatable bonds is 3. The van der Waals surface area contributed by atoms with Crippen LogP contribution in [-0.4, -0.2) is 13.0 Å². The number of carbonyl (C=O) groups is 1. The van der Waals surface area contributed by atoms with Gasteiger partial charge in [0.05, 0.1) is 18.4 Å². The minimum absolute atomic E-state index is 0.123. The number of nitrogens with zero attached hydrogens (tertiary/aromatic N) is 1. The maximum Gasteiger partial charge on any atom is 0.262 e. The molecule has 1 unspecified atom stereocenters. The average Bonchev–Trinajstić information content (AvgIpc) is 2.68. The standard InChI is InChI=1S/C21H17FN2O2/c1-26-17-6-4-5-16(13-17)24-20(14-9-11-15(22)12-10-14)23-19-8-3-2-7-18(19)21(24)25/h2-13,20,23H,1H3. The molecule has 0 saturated heterocycles. The van der Waals surface area contributed by atoms with E-state index in [0.717, 1.165) is 11.3 Å². The van der Waals surface area contributed by atoms with Crippen LogP contribution >= 0.6 is 0 Å². The summed E-state index contributed by atoms with van der Waals surface area (Å²) in [5.74, 6) is 0.221. The van der Waals surface area contributed by atoms with Crippen LogP contribution in [0.1, 0.15) is 22.1 Å². The summed E-state index contributed by atoms with van der Waals surface area (Å²) in [6.07, 6.45) is -0.454. The molecule has 1 N–H and O–H groups in total. The van der Waals surface area contributed by atoms with Gasteiger partial charge < -0.3 is 10.1 Å². The van der Waals surface area contributed by atoms with Gasteiger partial charge in [0.15, 0.2) is 0 Å². The molecule has 0 spiro atoms. The summed E-state index contributed by atoms with van der Waals surface area (Å²) in [6, 6.07) is 20.8. The van der Waals surface area contributed by atoms with Crippen LogP contribution < -0.4 is 15.0 Å². The Morgan fingerprint density at radius 3 is 2.54 bits per heavy atom. The van der Waals surface area contributed by atoms with Gasteiger partial charge in [-0.3, -0.25) is 9.69 Å². The maximum absolute atomic E-state index is 13.4. The number of amides is 1. The first-order valence-corrected chi connectivity index (χ1v) is 8.26. The fourth-order valence-electron chi connectivity index (χ4n) is 3.16. The quantitative estimate of drug-likeness (QED) is 0.752. The molecular weight excluding hydrogens is 331 g/mol. The van der Waals surface area contributed by atoms with Crippen molar-refractivity contribution >= 4 is 17.3 Å². The number of para-hydroxylation sites is 1. The molecule has 3 aromatic rings. The fourth-order valence-corrected chi connectivity index (χ4v) is 3.16. The molecular formula is C21H17FN2O2. The van der Waals surface area contributed by atoms with Crippen molar-refractivity contribution in [3.63, 3.8) is 0 Å². The summed E-state index contributed by atoms with van der Waals surface area (Å²) in [6.45, 7) is 0. The highest BCUT2D eigenvalue weighted by Crippen LogP contribution is 2.37. The van der Waals surface area contributed by atoms with E-state index in [9.17, 15) is 9.18 Å². The summed E-state index contributed by atoms with van der Waals surface area (Å²) in [5.41, 5.74) is 2.84. The van der Waals surface area contributed by atoms with Crippen molar-refractivity contribution < 1.29 is 13.9 Å². The highest BCUT2D eigenvalue weighted by atomic mass is 19.1. The van der Waals surface area contributed by atoms with Gasteiger partial charge in [0.1, 0.15) is 17.7 Å². The van der Waals surface area contributed by atoms with E-state index < -0.39 is 6.17 Å². The van der Waals surface area contributed by atoms with Gasteiger partial charge in [-0.1, -0.05) is 30.3 Å². The van der Waals surface area contributed by atoms with Crippen molar-refractivity contribution in [1.29, 1.82) is 0 Å². The van der Waals surface area contributed by atoms with E-state index in [1.807, 2.05) is 42.5 Å². The lowest BCUT2D eigenvalue weighted by Gasteiger charge is -2.38. The normalized spacial score (nSPS) is 16.0. The lowest BCUT2D eigenvalue weighted by molar-refractivity contribution is 0.0975. The molecule has 0 saturated carbocycles. The summed E-state index contributed by atoms with van der Waals surface area (Å²) in [4.78, 5) is 14.9. The third-order valence-corrected chi connectivity index (χ3v) is 4.44. The Morgan fingerprint density at radius 2 is 1.77 bits per heavy atom. The van der Waals surface area contributed by atoms with Gasteiger partial charge in [0.25, 0.3) is 5.91 Å². The number of anilines is 2. The van der Waals surface area contributed by atoms with Crippen molar-refractivity contribution in [2.45, 2.75) is 6.17 Å². The number of hydrogen-bond donors (Lipinski definition) is 1. The average molecular weight is 348 g/mol. The van der Waals surface area contributed by atoms with Gasteiger partial charge >= 0.3 is 0 Å². The van der Waals surface area contributed by atoms with Crippen LogP contribution in [0.4, 0.5) is 15.8 Å². The molecule has 1 aliphatic heterocycles. The largest absolute Gasteiger partial charge is 0.497 e. The summed E-state index contributed by atoms with van der Waals surface area (Å²) in [7, 11) is 1.59. The zero-order chi connectivity index (χ0) is 18.1. The Morgan fingerprint density at radius 1 is 1.00 bits per heavy atom. The van der Waals surface area contributed by atoms with Crippen molar-refractivity contribution in [2.75, 3.05) is 17.3 Å². The number of methoxy groups -OCH3 is 1. The van der Waals surface area contributed by atoms with Gasteiger partial charge in [-0.25, -0.2) is 4.39 Å². The molecule has 3 aromatic carbocycles. The summed E-state index contributed by atoms with van der Waals surface area (Å²) >= 11 is 0. The molecule has 26 heavy (non-hydrogen) atoms. The molecule has 0 fully saturated rings. The van der Waals surface area contributed by atoms with Crippen LogP contribution in [0.2, 0.25) is 0 Å². The van der Waals surface area contributed by atoms with Crippen LogP contribution in [0.3, 0.4) is 0 Å². The van der Waals surface area contributed by atoms with E-state index in [1.165, 1.54) is 12.1 Å². The van der Waals surface area contributed by atoms with Crippen molar-refractivity contribution in [1.82, 2.24) is 0 Å². The highest BCUT2D eigenvalue weighted by molar-refractivity contribution is 6.12. The zero-order valence-corrected chi connectivity index (χ0v) is 14.1. The minimum atomic E-state index is -0.454. The Labute approximate surface area is 150 Å². The molecule has 0 aromatic heterocycles. The molecule has 0 bridgehead atoms. The maximum atomic E-state index is 13.4. The topological polar surface area (TPSA) is 41.6 Å². The lowest BCUT2D eigenvalue weighted by Crippen LogP contribution is -2.43. The number of hydrogen-bond acceptors (Lipinski definition) is 3. The smallest absolute Gasteiger partial charge is 0.262 e. The zero-order valence-electron chi connectivity index (χ0n) is 14.1. The summed E-state index contributed by atoms with van der Waals surface area (Å²) in [5, 5.41) is 3.39. The van der Waals surface area contributed by atoms with Crippen molar-refractivity contribution in [3.05, 3.63) is 89.7 Å². The van der Waals surface area contributed by atoms with E-state index in [4.69, 9.17) is 4.74 Å². The molecule has 130 valence electrons. The number of nitrogens with one attached hydrogen (secondary N) is 1. The molecule has 4 nitrogen and oxygen atoms in total. The number of ether oxygens (including phenoxy) is 1. The first-order valence-electron chi connectivity index (χ1n) is 8.26. The number of halogens is 1. The van der Waals surface area contributed by atoms with E-state index in [1.54, 1.807) is 30.2 Å². The van der Waals surface area contributed by atoms with E-state index in [0.29, 0.717) is 17.0 Å². The van der Waals surface area contributed by atoms with E-state index >= 15 is 0 Å². The van der Waals surface area contributed by atoms with Gasteiger partial charge in [-0.15, -0.1) is 0 Å². The highest BCUT2D eigenvalue weighted by Gasteiger charge is 2.34. The molecule has 0 radical (unpaired) electrons. The predicted octanol–water partition coefficient (Wildman–Crippen LogP) is 4.61. The Hall–Kier alpha value is -3.34. The molecule has 5 heteroatoms. The first-order chi connectivity index (χ1) is 12.7. The first kappa shape index (κ1) is 16.1. The van der Waals surface area contributed by atoms with Crippen LogP contribution in [0.25, 0.3) is 0 Å². The fraction of sp³-hybridized carbons (Fsp3) is 0.0952. The third-order valence-electron chi connectivity index (χ3n) is 4.44. The van der Waals surface area contributed by atoms with E-state index in [2.05, 4.69) is 5.32 Å². The SMILES string of the molecule is COc1cccc(N2C(=O)c3ccccc3NC2c2ccc(F)cc2)c1. The monoisotopic (exact) mass is 348 g/mol. The minimum Gasteiger partial charge on any atom is -0.497 e. The Balaban J connectivity index is 1.85. The Bertz CT molecular complexity index is 956.